The number of carbonyl (C=O) groups is 3. The third-order valence-electron chi connectivity index (χ3n) is 7.14. The highest BCUT2D eigenvalue weighted by Gasteiger charge is 2.32. The van der Waals surface area contributed by atoms with E-state index in [1.807, 2.05) is 31.2 Å². The molecule has 2 saturated heterocycles. The molecular formula is C28H32N4O4S. The number of fused-ring (bicyclic) bond motifs is 1. The van der Waals surface area contributed by atoms with Crippen LogP contribution in [-0.2, 0) is 14.3 Å². The van der Waals surface area contributed by atoms with E-state index >= 15 is 0 Å². The van der Waals surface area contributed by atoms with Crippen LogP contribution >= 0.6 is 11.3 Å². The summed E-state index contributed by atoms with van der Waals surface area (Å²) >= 11 is 1.68. The lowest BCUT2D eigenvalue weighted by Crippen LogP contribution is -2.50. The molecule has 0 saturated carbocycles. The average Bonchev–Trinajstić information content (AvgIpc) is 3.37. The number of amides is 2. The number of ether oxygens (including phenoxy) is 1. The highest BCUT2D eigenvalue weighted by atomic mass is 32.1. The van der Waals surface area contributed by atoms with Crippen LogP contribution in [0, 0.1) is 5.92 Å². The van der Waals surface area contributed by atoms with Crippen LogP contribution in [0.1, 0.15) is 37.0 Å². The van der Waals surface area contributed by atoms with E-state index in [-0.39, 0.29) is 23.7 Å². The molecular weight excluding hydrogens is 488 g/mol. The molecule has 0 aliphatic carbocycles. The first-order chi connectivity index (χ1) is 17.9. The summed E-state index contributed by atoms with van der Waals surface area (Å²) in [6.45, 7) is 6.95. The zero-order valence-electron chi connectivity index (χ0n) is 21.3. The number of aromatic nitrogens is 1. The predicted octanol–water partition coefficient (Wildman–Crippen LogP) is 4.05. The number of thiophene rings is 1. The van der Waals surface area contributed by atoms with Gasteiger partial charge in [-0.15, -0.1) is 11.3 Å². The monoisotopic (exact) mass is 520 g/mol. The molecule has 0 spiro atoms. The molecule has 2 aliphatic heterocycles. The van der Waals surface area contributed by atoms with Gasteiger partial charge in [-0.1, -0.05) is 18.2 Å². The van der Waals surface area contributed by atoms with Gasteiger partial charge in [0, 0.05) is 50.9 Å². The lowest BCUT2D eigenvalue weighted by atomic mass is 9.97. The summed E-state index contributed by atoms with van der Waals surface area (Å²) in [6.07, 6.45) is 1.59. The maximum atomic E-state index is 13.7. The van der Waals surface area contributed by atoms with Gasteiger partial charge in [0.1, 0.15) is 5.82 Å². The lowest BCUT2D eigenvalue weighted by molar-refractivity contribution is -0.148. The summed E-state index contributed by atoms with van der Waals surface area (Å²) in [7, 11) is 0. The predicted molar refractivity (Wildman–Crippen MR) is 145 cm³/mol. The molecule has 2 aromatic heterocycles. The number of carbonyl (C=O) groups excluding carboxylic acids is 3. The fourth-order valence-electron chi connectivity index (χ4n) is 5.12. The zero-order valence-corrected chi connectivity index (χ0v) is 22.1. The summed E-state index contributed by atoms with van der Waals surface area (Å²) < 4.78 is 6.49. The van der Waals surface area contributed by atoms with E-state index in [9.17, 15) is 14.4 Å². The van der Waals surface area contributed by atoms with Crippen molar-refractivity contribution in [2.45, 2.75) is 26.7 Å². The minimum absolute atomic E-state index is 0.0282. The highest BCUT2D eigenvalue weighted by Crippen LogP contribution is 2.35. The fraction of sp³-hybridized carbons (Fsp3) is 0.429. The Morgan fingerprint density at radius 1 is 1.03 bits per heavy atom. The van der Waals surface area contributed by atoms with E-state index in [0.717, 1.165) is 35.3 Å². The van der Waals surface area contributed by atoms with Crippen LogP contribution in [-0.4, -0.2) is 78.4 Å². The molecule has 1 atom stereocenters. The van der Waals surface area contributed by atoms with Crippen LogP contribution in [0.25, 0.3) is 20.7 Å². The lowest BCUT2D eigenvalue weighted by Gasteiger charge is -2.36. The van der Waals surface area contributed by atoms with Gasteiger partial charge in [0.2, 0.25) is 5.91 Å². The van der Waals surface area contributed by atoms with Gasteiger partial charge >= 0.3 is 5.97 Å². The summed E-state index contributed by atoms with van der Waals surface area (Å²) in [4.78, 5) is 49.7. The number of hydrogen-bond acceptors (Lipinski definition) is 7. The minimum Gasteiger partial charge on any atom is -0.466 e. The molecule has 1 aromatic carbocycles. The van der Waals surface area contributed by atoms with Crippen molar-refractivity contribution >= 4 is 45.0 Å². The number of benzene rings is 1. The number of hydrogen-bond donors (Lipinski definition) is 0. The molecule has 37 heavy (non-hydrogen) atoms. The SMILES string of the molecule is CCOC(=O)C1CCCN(c2nc(-c3cc4ccccc4s3)ccc2C(=O)N2CCN(C(C)=O)CC2)C1. The smallest absolute Gasteiger partial charge is 0.310 e. The van der Waals surface area contributed by atoms with Crippen molar-refractivity contribution in [3.05, 3.63) is 48.0 Å². The molecule has 9 heteroatoms. The molecule has 3 aromatic rings. The molecule has 2 amide bonds. The van der Waals surface area contributed by atoms with E-state index < -0.39 is 0 Å². The largest absolute Gasteiger partial charge is 0.466 e. The van der Waals surface area contributed by atoms with Crippen molar-refractivity contribution < 1.29 is 19.1 Å². The molecule has 0 bridgehead atoms. The van der Waals surface area contributed by atoms with Gasteiger partial charge in [-0.2, -0.15) is 0 Å². The third-order valence-corrected chi connectivity index (χ3v) is 8.28. The van der Waals surface area contributed by atoms with Gasteiger partial charge in [-0.05, 0) is 49.4 Å². The molecule has 5 rings (SSSR count). The topological polar surface area (TPSA) is 83.1 Å². The quantitative estimate of drug-likeness (QED) is 0.472. The number of piperidine rings is 1. The van der Waals surface area contributed by atoms with Crippen molar-refractivity contribution in [2.75, 3.05) is 50.8 Å². The summed E-state index contributed by atoms with van der Waals surface area (Å²) in [5, 5.41) is 1.16. The van der Waals surface area contributed by atoms with Gasteiger partial charge in [-0.25, -0.2) is 4.98 Å². The normalized spacial score (nSPS) is 18.2. The number of anilines is 1. The third kappa shape index (κ3) is 5.32. The highest BCUT2D eigenvalue weighted by molar-refractivity contribution is 7.22. The second kappa shape index (κ2) is 10.9. The molecule has 4 heterocycles. The van der Waals surface area contributed by atoms with Crippen molar-refractivity contribution in [2.24, 2.45) is 5.92 Å². The molecule has 1 unspecified atom stereocenters. The summed E-state index contributed by atoms with van der Waals surface area (Å²) in [5.41, 5.74) is 1.35. The van der Waals surface area contributed by atoms with E-state index in [2.05, 4.69) is 23.1 Å². The van der Waals surface area contributed by atoms with Crippen LogP contribution in [0.2, 0.25) is 0 Å². The van der Waals surface area contributed by atoms with E-state index in [1.54, 1.807) is 28.1 Å². The standard InChI is InChI=1S/C28H32N4O4S/c1-3-36-28(35)21-8-6-12-32(18-21)26-22(27(34)31-15-13-30(14-16-31)19(2)33)10-11-23(29-26)25-17-20-7-4-5-9-24(20)37-25/h4-5,7,9-11,17,21H,3,6,8,12-16,18H2,1-2H3. The molecule has 2 fully saturated rings. The van der Waals surface area contributed by atoms with Crippen molar-refractivity contribution in [1.82, 2.24) is 14.8 Å². The molecule has 0 radical (unpaired) electrons. The Labute approximate surface area is 220 Å². The maximum Gasteiger partial charge on any atom is 0.310 e. The first-order valence-electron chi connectivity index (χ1n) is 12.9. The van der Waals surface area contributed by atoms with E-state index in [0.29, 0.717) is 50.7 Å². The minimum atomic E-state index is -0.245. The molecule has 2 aliphatic rings. The van der Waals surface area contributed by atoms with Gasteiger partial charge in [0.15, 0.2) is 0 Å². The zero-order chi connectivity index (χ0) is 25.9. The van der Waals surface area contributed by atoms with Crippen LogP contribution in [0.4, 0.5) is 5.82 Å². The van der Waals surface area contributed by atoms with Gasteiger partial charge in [-0.3, -0.25) is 14.4 Å². The number of esters is 1. The summed E-state index contributed by atoms with van der Waals surface area (Å²) in [6, 6.07) is 14.1. The number of pyridine rings is 1. The molecule has 0 N–H and O–H groups in total. The van der Waals surface area contributed by atoms with Crippen LogP contribution in [0.15, 0.2) is 42.5 Å². The Hall–Kier alpha value is -3.46. The van der Waals surface area contributed by atoms with Crippen molar-refractivity contribution in [3.8, 4) is 10.6 Å². The Kier molecular flexibility index (Phi) is 7.41. The van der Waals surface area contributed by atoms with E-state index in [4.69, 9.17) is 9.72 Å². The summed E-state index contributed by atoms with van der Waals surface area (Å²) in [5.74, 6) is 0.113. The molecule has 8 nitrogen and oxygen atoms in total. The number of piperazine rings is 1. The van der Waals surface area contributed by atoms with Crippen molar-refractivity contribution in [1.29, 1.82) is 0 Å². The Balaban J connectivity index is 1.48. The van der Waals surface area contributed by atoms with Gasteiger partial charge in [0.05, 0.1) is 28.7 Å². The Morgan fingerprint density at radius 2 is 1.78 bits per heavy atom. The second-order valence-corrected chi connectivity index (χ2v) is 10.6. The maximum absolute atomic E-state index is 13.7. The van der Waals surface area contributed by atoms with Crippen molar-refractivity contribution in [3.63, 3.8) is 0 Å². The van der Waals surface area contributed by atoms with Crippen LogP contribution < -0.4 is 4.90 Å². The average molecular weight is 521 g/mol. The van der Waals surface area contributed by atoms with Crippen LogP contribution in [0.5, 0.6) is 0 Å². The Bertz CT molecular complexity index is 1280. The first-order valence-corrected chi connectivity index (χ1v) is 13.7. The number of rotatable bonds is 5. The van der Waals surface area contributed by atoms with Gasteiger partial charge in [0.25, 0.3) is 5.91 Å². The molecule has 194 valence electrons. The fourth-order valence-corrected chi connectivity index (χ4v) is 6.15. The second-order valence-electron chi connectivity index (χ2n) is 9.55. The van der Waals surface area contributed by atoms with Crippen LogP contribution in [0.3, 0.4) is 0 Å². The van der Waals surface area contributed by atoms with Gasteiger partial charge < -0.3 is 19.4 Å². The first kappa shape index (κ1) is 25.2. The Morgan fingerprint density at radius 3 is 2.51 bits per heavy atom. The number of nitrogens with zero attached hydrogens (tertiary/aromatic N) is 4. The van der Waals surface area contributed by atoms with E-state index in [1.165, 1.54) is 4.70 Å².